The lowest BCUT2D eigenvalue weighted by Gasteiger charge is -2.31. The molecule has 0 heterocycles. The fourth-order valence-corrected chi connectivity index (χ4v) is 2.00. The molecule has 0 unspecified atom stereocenters. The monoisotopic (exact) mass is 221 g/mol. The minimum absolute atomic E-state index is 0.408. The van der Waals surface area contributed by atoms with E-state index in [-0.39, 0.29) is 0 Å². The molecule has 0 fully saturated rings. The van der Waals surface area contributed by atoms with Crippen LogP contribution in [0.25, 0.3) is 0 Å². The summed E-state index contributed by atoms with van der Waals surface area (Å²) in [5, 5.41) is 9.78. The molecule has 1 aromatic carbocycles. The van der Waals surface area contributed by atoms with Crippen LogP contribution in [-0.2, 0) is 0 Å². The second-order valence-electron chi connectivity index (χ2n) is 4.52. The van der Waals surface area contributed by atoms with E-state index in [4.69, 9.17) is 0 Å². The Hall–Kier alpha value is -1.02. The molecule has 0 aliphatic heterocycles. The second-order valence-corrected chi connectivity index (χ2v) is 4.52. The molecule has 0 radical (unpaired) electrons. The van der Waals surface area contributed by atoms with Gasteiger partial charge in [0, 0.05) is 23.8 Å². The fourth-order valence-electron chi connectivity index (χ4n) is 2.00. The van der Waals surface area contributed by atoms with Crippen molar-refractivity contribution in [3.05, 3.63) is 29.8 Å². The first-order valence-corrected chi connectivity index (χ1v) is 6.11. The Balaban J connectivity index is 3.07. The molecule has 1 atom stereocenters. The van der Waals surface area contributed by atoms with E-state index in [9.17, 15) is 5.11 Å². The third kappa shape index (κ3) is 2.99. The van der Waals surface area contributed by atoms with Crippen LogP contribution in [0.3, 0.4) is 0 Å². The number of para-hydroxylation sites is 1. The molecule has 16 heavy (non-hydrogen) atoms. The zero-order valence-corrected chi connectivity index (χ0v) is 10.8. The van der Waals surface area contributed by atoms with E-state index in [0.717, 1.165) is 24.2 Å². The molecule has 90 valence electrons. The molecule has 2 heteroatoms. The SMILES string of the molecule is CCCN(c1ccccc1[C@@H](C)O)C(C)C. The van der Waals surface area contributed by atoms with E-state index in [1.807, 2.05) is 25.1 Å². The smallest absolute Gasteiger partial charge is 0.0781 e. The molecule has 1 rings (SSSR count). The second kappa shape index (κ2) is 5.90. The van der Waals surface area contributed by atoms with Gasteiger partial charge in [-0.05, 0) is 33.3 Å². The van der Waals surface area contributed by atoms with E-state index in [1.165, 1.54) is 0 Å². The number of aliphatic hydroxyl groups excluding tert-OH is 1. The average Bonchev–Trinajstić information content (AvgIpc) is 2.25. The topological polar surface area (TPSA) is 23.5 Å². The quantitative estimate of drug-likeness (QED) is 0.824. The predicted octanol–water partition coefficient (Wildman–Crippen LogP) is 3.36. The first-order chi connectivity index (χ1) is 7.57. The van der Waals surface area contributed by atoms with Crippen LogP contribution in [0.15, 0.2) is 24.3 Å². The van der Waals surface area contributed by atoms with Gasteiger partial charge in [0.25, 0.3) is 0 Å². The first-order valence-electron chi connectivity index (χ1n) is 6.11. The summed E-state index contributed by atoms with van der Waals surface area (Å²) in [4.78, 5) is 2.35. The summed E-state index contributed by atoms with van der Waals surface area (Å²) in [5.41, 5.74) is 2.18. The molecule has 0 amide bonds. The number of anilines is 1. The lowest BCUT2D eigenvalue weighted by atomic mass is 10.1. The molecule has 0 aliphatic carbocycles. The number of benzene rings is 1. The van der Waals surface area contributed by atoms with Crippen molar-refractivity contribution in [2.75, 3.05) is 11.4 Å². The highest BCUT2D eigenvalue weighted by molar-refractivity contribution is 5.55. The molecule has 2 nitrogen and oxygen atoms in total. The lowest BCUT2D eigenvalue weighted by Crippen LogP contribution is -2.32. The Morgan fingerprint density at radius 3 is 2.31 bits per heavy atom. The van der Waals surface area contributed by atoms with Crippen molar-refractivity contribution in [1.82, 2.24) is 0 Å². The van der Waals surface area contributed by atoms with E-state index in [1.54, 1.807) is 0 Å². The van der Waals surface area contributed by atoms with E-state index < -0.39 is 6.10 Å². The van der Waals surface area contributed by atoms with Gasteiger partial charge < -0.3 is 10.0 Å². The summed E-state index contributed by atoms with van der Waals surface area (Å²) in [6.07, 6.45) is 0.709. The summed E-state index contributed by atoms with van der Waals surface area (Å²) >= 11 is 0. The molecule has 1 aromatic rings. The van der Waals surface area contributed by atoms with Gasteiger partial charge in [-0.25, -0.2) is 0 Å². The third-order valence-electron chi connectivity index (χ3n) is 2.78. The van der Waals surface area contributed by atoms with Gasteiger partial charge >= 0.3 is 0 Å². The van der Waals surface area contributed by atoms with Gasteiger partial charge in [0.15, 0.2) is 0 Å². The molecular weight excluding hydrogens is 198 g/mol. The van der Waals surface area contributed by atoms with Gasteiger partial charge in [0.2, 0.25) is 0 Å². The van der Waals surface area contributed by atoms with Crippen molar-refractivity contribution < 1.29 is 5.11 Å². The van der Waals surface area contributed by atoms with Crippen LogP contribution in [0.4, 0.5) is 5.69 Å². The lowest BCUT2D eigenvalue weighted by molar-refractivity contribution is 0.199. The number of nitrogens with zero attached hydrogens (tertiary/aromatic N) is 1. The van der Waals surface area contributed by atoms with Crippen LogP contribution in [0.5, 0.6) is 0 Å². The fraction of sp³-hybridized carbons (Fsp3) is 0.571. The molecule has 0 saturated carbocycles. The molecule has 1 N–H and O–H groups in total. The minimum Gasteiger partial charge on any atom is -0.389 e. The van der Waals surface area contributed by atoms with Crippen molar-refractivity contribution in [3.8, 4) is 0 Å². The van der Waals surface area contributed by atoms with Crippen LogP contribution in [-0.4, -0.2) is 17.7 Å². The van der Waals surface area contributed by atoms with Crippen LogP contribution < -0.4 is 4.90 Å². The highest BCUT2D eigenvalue weighted by atomic mass is 16.3. The highest BCUT2D eigenvalue weighted by Crippen LogP contribution is 2.27. The van der Waals surface area contributed by atoms with Crippen LogP contribution >= 0.6 is 0 Å². The van der Waals surface area contributed by atoms with Crippen molar-refractivity contribution in [2.24, 2.45) is 0 Å². The van der Waals surface area contributed by atoms with Gasteiger partial charge in [-0.15, -0.1) is 0 Å². The van der Waals surface area contributed by atoms with Gasteiger partial charge in [-0.1, -0.05) is 25.1 Å². The molecular formula is C14H23NO. The van der Waals surface area contributed by atoms with E-state index in [2.05, 4.69) is 31.7 Å². The van der Waals surface area contributed by atoms with Gasteiger partial charge in [-0.2, -0.15) is 0 Å². The molecule has 0 saturated heterocycles. The van der Waals surface area contributed by atoms with Crippen LogP contribution in [0.1, 0.15) is 45.8 Å². The van der Waals surface area contributed by atoms with Crippen molar-refractivity contribution in [3.63, 3.8) is 0 Å². The van der Waals surface area contributed by atoms with Crippen molar-refractivity contribution in [2.45, 2.75) is 46.3 Å². The van der Waals surface area contributed by atoms with Crippen molar-refractivity contribution in [1.29, 1.82) is 0 Å². The zero-order chi connectivity index (χ0) is 12.1. The standard InChI is InChI=1S/C14H23NO/c1-5-10-15(11(2)3)14-9-7-6-8-13(14)12(4)16/h6-9,11-12,16H,5,10H2,1-4H3/t12-/m1/s1. The maximum Gasteiger partial charge on any atom is 0.0781 e. The Bertz CT molecular complexity index is 320. The van der Waals surface area contributed by atoms with Gasteiger partial charge in [0.05, 0.1) is 6.10 Å². The Kier molecular flexibility index (Phi) is 4.81. The first kappa shape index (κ1) is 13.0. The molecule has 0 aromatic heterocycles. The minimum atomic E-state index is -0.408. The van der Waals surface area contributed by atoms with Gasteiger partial charge in [0.1, 0.15) is 0 Å². The van der Waals surface area contributed by atoms with Crippen molar-refractivity contribution >= 4 is 5.69 Å². The summed E-state index contributed by atoms with van der Waals surface area (Å²) in [6, 6.07) is 8.57. The number of hydrogen-bond acceptors (Lipinski definition) is 2. The molecule has 0 bridgehead atoms. The van der Waals surface area contributed by atoms with Gasteiger partial charge in [-0.3, -0.25) is 0 Å². The summed E-state index contributed by atoms with van der Waals surface area (Å²) < 4.78 is 0. The summed E-state index contributed by atoms with van der Waals surface area (Å²) in [6.45, 7) is 9.41. The maximum absolute atomic E-state index is 9.78. The zero-order valence-electron chi connectivity index (χ0n) is 10.8. The normalized spacial score (nSPS) is 12.9. The largest absolute Gasteiger partial charge is 0.389 e. The molecule has 0 aliphatic rings. The number of aliphatic hydroxyl groups is 1. The highest BCUT2D eigenvalue weighted by Gasteiger charge is 2.15. The van der Waals surface area contributed by atoms with E-state index >= 15 is 0 Å². The Labute approximate surface area is 98.9 Å². The van der Waals surface area contributed by atoms with Crippen LogP contribution in [0.2, 0.25) is 0 Å². The average molecular weight is 221 g/mol. The Morgan fingerprint density at radius 2 is 1.81 bits per heavy atom. The maximum atomic E-state index is 9.78. The summed E-state index contributed by atoms with van der Waals surface area (Å²) in [5.74, 6) is 0. The molecule has 0 spiro atoms. The number of rotatable bonds is 5. The predicted molar refractivity (Wildman–Crippen MR) is 69.8 cm³/mol. The van der Waals surface area contributed by atoms with E-state index in [0.29, 0.717) is 6.04 Å². The summed E-state index contributed by atoms with van der Waals surface area (Å²) in [7, 11) is 0. The number of hydrogen-bond donors (Lipinski definition) is 1. The Morgan fingerprint density at radius 1 is 1.19 bits per heavy atom. The third-order valence-corrected chi connectivity index (χ3v) is 2.78. The van der Waals surface area contributed by atoms with Crippen LogP contribution in [0, 0.1) is 0 Å².